The van der Waals surface area contributed by atoms with Gasteiger partial charge in [-0.1, -0.05) is 23.2 Å². The summed E-state index contributed by atoms with van der Waals surface area (Å²) in [6.45, 7) is 0. The second kappa shape index (κ2) is 3.57. The van der Waals surface area contributed by atoms with E-state index in [0.29, 0.717) is 0 Å². The molecule has 78 valence electrons. The van der Waals surface area contributed by atoms with Crippen molar-refractivity contribution >= 4 is 23.2 Å². The van der Waals surface area contributed by atoms with Crippen LogP contribution in [-0.2, 0) is 0 Å². The Balaban J connectivity index is 4.62. The van der Waals surface area contributed by atoms with Crippen LogP contribution in [0.3, 0.4) is 0 Å². The zero-order valence-corrected chi connectivity index (χ0v) is 7.19. The summed E-state index contributed by atoms with van der Waals surface area (Å²) in [5, 5.41) is 0. The standard InChI is InChI=1S/C5H2Cl2F6/c6-3(7,5(11,12)13)1-2-4(8,9)10/h1-2H. The first-order valence-corrected chi connectivity index (χ1v) is 3.43. The van der Waals surface area contributed by atoms with Gasteiger partial charge in [0.2, 0.25) is 4.33 Å². The highest BCUT2D eigenvalue weighted by Crippen LogP contribution is 2.41. The molecule has 0 aromatic carbocycles. The maximum absolute atomic E-state index is 11.7. The van der Waals surface area contributed by atoms with Crippen LogP contribution < -0.4 is 0 Å². The van der Waals surface area contributed by atoms with Crippen molar-refractivity contribution in [3.8, 4) is 0 Å². The monoisotopic (exact) mass is 246 g/mol. The zero-order valence-electron chi connectivity index (χ0n) is 5.68. The second-order valence-corrected chi connectivity index (χ2v) is 3.38. The number of rotatable bonds is 1. The Morgan fingerprint density at radius 3 is 1.38 bits per heavy atom. The molecule has 0 aromatic rings. The van der Waals surface area contributed by atoms with Crippen LogP contribution in [0.2, 0.25) is 0 Å². The van der Waals surface area contributed by atoms with E-state index in [-0.39, 0.29) is 6.08 Å². The summed E-state index contributed by atoms with van der Waals surface area (Å²) in [6, 6.07) is 0. The van der Waals surface area contributed by atoms with Gasteiger partial charge >= 0.3 is 12.4 Å². The molecule has 0 heterocycles. The summed E-state index contributed by atoms with van der Waals surface area (Å²) in [5.74, 6) is 0. The van der Waals surface area contributed by atoms with Crippen molar-refractivity contribution in [2.75, 3.05) is 0 Å². The first-order chi connectivity index (χ1) is 5.46. The lowest BCUT2D eigenvalue weighted by atomic mass is 10.3. The van der Waals surface area contributed by atoms with Gasteiger partial charge < -0.3 is 0 Å². The summed E-state index contributed by atoms with van der Waals surface area (Å²) >= 11 is 9.14. The maximum Gasteiger partial charge on any atom is 0.425 e. The fourth-order valence-corrected chi connectivity index (χ4v) is 0.420. The van der Waals surface area contributed by atoms with E-state index in [2.05, 4.69) is 23.2 Å². The molecule has 0 aliphatic rings. The molecule has 8 heteroatoms. The van der Waals surface area contributed by atoms with E-state index < -0.39 is 22.8 Å². The van der Waals surface area contributed by atoms with Crippen LogP contribution in [0.15, 0.2) is 12.2 Å². The minimum absolute atomic E-state index is 0.365. The molecule has 0 aliphatic heterocycles. The third-order valence-electron chi connectivity index (χ3n) is 0.860. The molecule has 0 atom stereocenters. The molecule has 0 aromatic heterocycles. The van der Waals surface area contributed by atoms with Crippen molar-refractivity contribution in [3.05, 3.63) is 12.2 Å². The molecule has 13 heavy (non-hydrogen) atoms. The van der Waals surface area contributed by atoms with E-state index in [1.807, 2.05) is 0 Å². The maximum atomic E-state index is 11.7. The Morgan fingerprint density at radius 2 is 1.15 bits per heavy atom. The molecule has 0 radical (unpaired) electrons. The zero-order chi connectivity index (χ0) is 10.9. The van der Waals surface area contributed by atoms with E-state index in [4.69, 9.17) is 0 Å². The van der Waals surface area contributed by atoms with Crippen LogP contribution >= 0.6 is 23.2 Å². The molecule has 0 amide bonds. The predicted molar refractivity (Wildman–Crippen MR) is 35.7 cm³/mol. The lowest BCUT2D eigenvalue weighted by molar-refractivity contribution is -0.132. The van der Waals surface area contributed by atoms with Gasteiger partial charge in [-0.15, -0.1) is 0 Å². The number of alkyl halides is 8. The predicted octanol–water partition coefficient (Wildman–Crippen LogP) is 3.84. The molecule has 0 aliphatic carbocycles. The van der Waals surface area contributed by atoms with Gasteiger partial charge in [0.15, 0.2) is 0 Å². The fraction of sp³-hybridized carbons (Fsp3) is 0.600. The van der Waals surface area contributed by atoms with Gasteiger partial charge in [-0.3, -0.25) is 0 Å². The van der Waals surface area contributed by atoms with Gasteiger partial charge in [0.05, 0.1) is 0 Å². The SMILES string of the molecule is FC(F)(F)C=CC(Cl)(Cl)C(F)(F)F. The Hall–Kier alpha value is -0.100. The van der Waals surface area contributed by atoms with Crippen LogP contribution in [0.1, 0.15) is 0 Å². The molecule has 0 spiro atoms. The van der Waals surface area contributed by atoms with Crippen molar-refractivity contribution in [2.24, 2.45) is 0 Å². The molecule has 0 saturated carbocycles. The van der Waals surface area contributed by atoms with Crippen LogP contribution in [0.25, 0.3) is 0 Å². The summed E-state index contributed by atoms with van der Waals surface area (Å²) in [6.07, 6.45) is -11.0. The minimum atomic E-state index is -5.14. The Morgan fingerprint density at radius 1 is 0.769 bits per heavy atom. The lowest BCUT2D eigenvalue weighted by Crippen LogP contribution is -2.32. The Labute approximate surface area is 79.1 Å². The topological polar surface area (TPSA) is 0 Å². The quantitative estimate of drug-likeness (QED) is 0.375. The molecule has 0 unspecified atom stereocenters. The van der Waals surface area contributed by atoms with Crippen molar-refractivity contribution in [2.45, 2.75) is 16.7 Å². The molecule has 0 nitrogen and oxygen atoms in total. The largest absolute Gasteiger partial charge is 0.425 e. The van der Waals surface area contributed by atoms with E-state index in [9.17, 15) is 26.3 Å². The third kappa shape index (κ3) is 4.61. The van der Waals surface area contributed by atoms with Gasteiger partial charge in [-0.2, -0.15) is 26.3 Å². The van der Waals surface area contributed by atoms with Gasteiger partial charge in [0.25, 0.3) is 0 Å². The molecular formula is C5H2Cl2F6. The molecule has 0 N–H and O–H groups in total. The van der Waals surface area contributed by atoms with Gasteiger partial charge in [-0.25, -0.2) is 0 Å². The fourth-order valence-electron chi connectivity index (χ4n) is 0.294. The van der Waals surface area contributed by atoms with Gasteiger partial charge in [0, 0.05) is 6.08 Å². The van der Waals surface area contributed by atoms with Crippen LogP contribution in [0, 0.1) is 0 Å². The number of hydrogen-bond acceptors (Lipinski definition) is 0. The minimum Gasteiger partial charge on any atom is -0.167 e. The van der Waals surface area contributed by atoms with Gasteiger partial charge in [-0.05, 0) is 6.08 Å². The van der Waals surface area contributed by atoms with E-state index in [0.717, 1.165) is 0 Å². The van der Waals surface area contributed by atoms with Crippen LogP contribution in [0.4, 0.5) is 26.3 Å². The molecule has 0 fully saturated rings. The van der Waals surface area contributed by atoms with Crippen molar-refractivity contribution in [1.29, 1.82) is 0 Å². The number of hydrogen-bond donors (Lipinski definition) is 0. The normalized spacial score (nSPS) is 15.4. The molecule has 0 saturated heterocycles. The van der Waals surface area contributed by atoms with Crippen molar-refractivity contribution in [1.82, 2.24) is 0 Å². The molecular weight excluding hydrogens is 245 g/mol. The summed E-state index contributed by atoms with van der Waals surface area (Å²) in [7, 11) is 0. The summed E-state index contributed by atoms with van der Waals surface area (Å²) < 4.78 is 65.9. The van der Waals surface area contributed by atoms with Crippen molar-refractivity contribution < 1.29 is 26.3 Å². The first kappa shape index (κ1) is 12.9. The number of halogens is 8. The number of allylic oxidation sites excluding steroid dienone is 2. The first-order valence-electron chi connectivity index (χ1n) is 2.67. The third-order valence-corrected chi connectivity index (χ3v) is 1.54. The smallest absolute Gasteiger partial charge is 0.167 e. The highest BCUT2D eigenvalue weighted by atomic mass is 35.5. The molecule has 0 bridgehead atoms. The van der Waals surface area contributed by atoms with Crippen LogP contribution in [0.5, 0.6) is 0 Å². The lowest BCUT2D eigenvalue weighted by Gasteiger charge is -2.18. The Bertz CT molecular complexity index is 200. The van der Waals surface area contributed by atoms with Gasteiger partial charge in [0.1, 0.15) is 0 Å². The second-order valence-electron chi connectivity index (χ2n) is 2.00. The molecule has 0 rings (SSSR count). The van der Waals surface area contributed by atoms with Crippen molar-refractivity contribution in [3.63, 3.8) is 0 Å². The Kier molecular flexibility index (Phi) is 3.54. The average Bonchev–Trinajstić information content (AvgIpc) is 1.79. The van der Waals surface area contributed by atoms with Crippen LogP contribution in [-0.4, -0.2) is 16.7 Å². The summed E-state index contributed by atoms with van der Waals surface area (Å²) in [4.78, 5) is 0. The highest BCUT2D eigenvalue weighted by molar-refractivity contribution is 6.50. The van der Waals surface area contributed by atoms with E-state index >= 15 is 0 Å². The average molecular weight is 247 g/mol. The van der Waals surface area contributed by atoms with E-state index in [1.54, 1.807) is 0 Å². The summed E-state index contributed by atoms with van der Waals surface area (Å²) in [5.41, 5.74) is 0. The highest BCUT2D eigenvalue weighted by Gasteiger charge is 2.51. The van der Waals surface area contributed by atoms with E-state index in [1.165, 1.54) is 0 Å².